The van der Waals surface area contributed by atoms with Gasteiger partial charge in [-0.1, -0.05) is 72.3 Å². The van der Waals surface area contributed by atoms with Crippen molar-refractivity contribution < 1.29 is 18.8 Å². The lowest BCUT2D eigenvalue weighted by Gasteiger charge is -2.52. The summed E-state index contributed by atoms with van der Waals surface area (Å²) >= 11 is 6.22. The largest absolute Gasteiger partial charge is 0.492 e. The van der Waals surface area contributed by atoms with Crippen molar-refractivity contribution in [3.05, 3.63) is 95.5 Å². The Kier molecular flexibility index (Phi) is 7.78. The third kappa shape index (κ3) is 5.85. The summed E-state index contributed by atoms with van der Waals surface area (Å²) < 4.78 is 13.2. The summed E-state index contributed by atoms with van der Waals surface area (Å²) in [6.07, 6.45) is 2.84. The maximum atomic E-state index is 13.5. The Balaban J connectivity index is 1.21. The van der Waals surface area contributed by atoms with Crippen LogP contribution in [0, 0.1) is 5.92 Å². The Labute approximate surface area is 218 Å². The monoisotopic (exact) mass is 505 g/mol. The summed E-state index contributed by atoms with van der Waals surface area (Å²) in [5.41, 5.74) is 1.93. The van der Waals surface area contributed by atoms with E-state index in [4.69, 9.17) is 21.1 Å². The average Bonchev–Trinajstić information content (AvgIpc) is 2.92. The number of nitrogens with zero attached hydrogens (tertiary/aromatic N) is 2. The fourth-order valence-corrected chi connectivity index (χ4v) is 5.83. The number of rotatable bonds is 9. The number of carbonyl (C=O) groups excluding carboxylic acids is 1. The van der Waals surface area contributed by atoms with E-state index in [-0.39, 0.29) is 12.2 Å². The molecule has 188 valence electrons. The molecule has 3 heterocycles. The van der Waals surface area contributed by atoms with Crippen LogP contribution in [0.25, 0.3) is 0 Å². The number of hydrogen-bond donors (Lipinski definition) is 0. The van der Waals surface area contributed by atoms with Gasteiger partial charge in [0.05, 0.1) is 37.8 Å². The van der Waals surface area contributed by atoms with Gasteiger partial charge in [0.1, 0.15) is 12.3 Å². The van der Waals surface area contributed by atoms with E-state index >= 15 is 0 Å². The first-order valence-electron chi connectivity index (χ1n) is 12.9. The number of anilines is 1. The highest BCUT2D eigenvalue weighted by atomic mass is 35.5. The van der Waals surface area contributed by atoms with Crippen LogP contribution in [-0.4, -0.2) is 49.5 Å². The Hall–Kier alpha value is -3.02. The molecule has 3 saturated heterocycles. The predicted molar refractivity (Wildman–Crippen MR) is 143 cm³/mol. The van der Waals surface area contributed by atoms with Crippen molar-refractivity contribution in [2.24, 2.45) is 5.92 Å². The zero-order chi connectivity index (χ0) is 24.8. The van der Waals surface area contributed by atoms with Crippen molar-refractivity contribution in [1.82, 2.24) is 0 Å². The molecule has 0 radical (unpaired) electrons. The minimum Gasteiger partial charge on any atom is -0.492 e. The number of hydrogen-bond acceptors (Lipinski definition) is 3. The van der Waals surface area contributed by atoms with Crippen molar-refractivity contribution in [1.29, 1.82) is 0 Å². The molecule has 5 nitrogen and oxygen atoms in total. The Morgan fingerprint density at radius 2 is 1.58 bits per heavy atom. The third-order valence-corrected chi connectivity index (χ3v) is 7.95. The predicted octanol–water partition coefficient (Wildman–Crippen LogP) is 6.56. The molecule has 6 heteroatoms. The molecule has 36 heavy (non-hydrogen) atoms. The second kappa shape index (κ2) is 11.4. The fraction of sp³-hybridized carbons (Fsp3) is 0.367. The van der Waals surface area contributed by atoms with Gasteiger partial charge in [0.2, 0.25) is 0 Å². The van der Waals surface area contributed by atoms with E-state index in [2.05, 4.69) is 0 Å². The SMILES string of the molecule is O=C(O[C@H]1C[N+]2(CCCOc3ccccc3Cl)CCC1CC2)N(Cc1ccccc1)c1ccccc1. The number of halogens is 1. The summed E-state index contributed by atoms with van der Waals surface area (Å²) in [6, 6.07) is 27.5. The van der Waals surface area contributed by atoms with Crippen molar-refractivity contribution in [2.45, 2.75) is 31.9 Å². The van der Waals surface area contributed by atoms with E-state index in [1.807, 2.05) is 84.9 Å². The topological polar surface area (TPSA) is 38.8 Å². The molecular weight excluding hydrogens is 472 g/mol. The molecule has 0 spiro atoms. The van der Waals surface area contributed by atoms with E-state index < -0.39 is 0 Å². The lowest BCUT2D eigenvalue weighted by Crippen LogP contribution is -2.65. The summed E-state index contributed by atoms with van der Waals surface area (Å²) in [5, 5.41) is 0.647. The van der Waals surface area contributed by atoms with E-state index in [1.165, 1.54) is 0 Å². The quantitative estimate of drug-likeness (QED) is 0.244. The Morgan fingerprint density at radius 3 is 2.31 bits per heavy atom. The van der Waals surface area contributed by atoms with Gasteiger partial charge in [-0.15, -0.1) is 0 Å². The Bertz CT molecular complexity index is 1130. The second-order valence-corrected chi connectivity index (χ2v) is 10.4. The molecule has 2 bridgehead atoms. The van der Waals surface area contributed by atoms with Crippen molar-refractivity contribution in [3.8, 4) is 5.75 Å². The van der Waals surface area contributed by atoms with E-state index in [0.29, 0.717) is 24.1 Å². The molecule has 3 aromatic rings. The summed E-state index contributed by atoms with van der Waals surface area (Å²) in [4.78, 5) is 15.3. The van der Waals surface area contributed by atoms with Gasteiger partial charge >= 0.3 is 6.09 Å². The lowest BCUT2D eigenvalue weighted by atomic mass is 9.83. The Morgan fingerprint density at radius 1 is 0.917 bits per heavy atom. The molecule has 3 aromatic carbocycles. The van der Waals surface area contributed by atoms with Crippen LogP contribution < -0.4 is 9.64 Å². The van der Waals surface area contributed by atoms with Gasteiger partial charge < -0.3 is 14.0 Å². The van der Waals surface area contributed by atoms with Crippen molar-refractivity contribution >= 4 is 23.4 Å². The molecular formula is C30H34ClN2O3+. The number of quaternary nitrogens is 1. The molecule has 0 N–H and O–H groups in total. The number of ether oxygens (including phenoxy) is 2. The van der Waals surface area contributed by atoms with Gasteiger partial charge in [-0.25, -0.2) is 4.79 Å². The second-order valence-electron chi connectivity index (χ2n) is 9.99. The number of benzene rings is 3. The maximum absolute atomic E-state index is 13.5. The number of piperidine rings is 3. The van der Waals surface area contributed by atoms with Crippen molar-refractivity contribution in [3.63, 3.8) is 0 Å². The van der Waals surface area contributed by atoms with E-state index in [9.17, 15) is 4.79 Å². The molecule has 0 saturated carbocycles. The molecule has 3 aliphatic heterocycles. The van der Waals surface area contributed by atoms with Crippen LogP contribution in [0.5, 0.6) is 5.75 Å². The number of amides is 1. The molecule has 3 aliphatic rings. The van der Waals surface area contributed by atoms with Crippen LogP contribution in [-0.2, 0) is 11.3 Å². The number of para-hydroxylation sites is 2. The zero-order valence-corrected chi connectivity index (χ0v) is 21.4. The van der Waals surface area contributed by atoms with Gasteiger partial charge in [0.15, 0.2) is 6.10 Å². The smallest absolute Gasteiger partial charge is 0.415 e. The summed E-state index contributed by atoms with van der Waals surface area (Å²) in [7, 11) is 0. The van der Waals surface area contributed by atoms with Gasteiger partial charge in [-0.2, -0.15) is 0 Å². The van der Waals surface area contributed by atoms with Crippen LogP contribution in [0.15, 0.2) is 84.9 Å². The highest BCUT2D eigenvalue weighted by Gasteiger charge is 2.47. The van der Waals surface area contributed by atoms with Crippen LogP contribution in [0.1, 0.15) is 24.8 Å². The fourth-order valence-electron chi connectivity index (χ4n) is 5.64. The van der Waals surface area contributed by atoms with E-state index in [0.717, 1.165) is 66.9 Å². The summed E-state index contributed by atoms with van der Waals surface area (Å²) in [5.74, 6) is 1.19. The molecule has 6 rings (SSSR count). The van der Waals surface area contributed by atoms with Crippen LogP contribution in [0.4, 0.5) is 10.5 Å². The standard InChI is InChI=1S/C30H34ClN2O3/c31-27-14-7-8-15-28(27)35-21-9-18-33-19-16-25(17-20-33)29(23-33)36-30(34)32(26-12-5-2-6-13-26)22-24-10-3-1-4-11-24/h1-8,10-15,25,29H,9,16-23H2/q+1/t25?,29-,33?/m0/s1. The summed E-state index contributed by atoms with van der Waals surface area (Å²) in [6.45, 7) is 5.33. The number of carbonyl (C=O) groups is 1. The minimum absolute atomic E-state index is 0.0496. The molecule has 0 aromatic heterocycles. The van der Waals surface area contributed by atoms with Crippen LogP contribution >= 0.6 is 11.6 Å². The zero-order valence-electron chi connectivity index (χ0n) is 20.6. The minimum atomic E-state index is -0.260. The highest BCUT2D eigenvalue weighted by molar-refractivity contribution is 6.32. The van der Waals surface area contributed by atoms with Gasteiger partial charge in [0.25, 0.3) is 0 Å². The van der Waals surface area contributed by atoms with Gasteiger partial charge in [-0.05, 0) is 29.8 Å². The van der Waals surface area contributed by atoms with Crippen LogP contribution in [0.3, 0.4) is 0 Å². The van der Waals surface area contributed by atoms with Crippen LogP contribution in [0.2, 0.25) is 5.02 Å². The lowest BCUT2D eigenvalue weighted by molar-refractivity contribution is -0.946. The maximum Gasteiger partial charge on any atom is 0.415 e. The molecule has 3 fully saturated rings. The third-order valence-electron chi connectivity index (χ3n) is 7.64. The number of fused-ring (bicyclic) bond motifs is 3. The average molecular weight is 506 g/mol. The first kappa shape index (κ1) is 24.7. The van der Waals surface area contributed by atoms with Gasteiger partial charge in [0, 0.05) is 30.9 Å². The van der Waals surface area contributed by atoms with Crippen molar-refractivity contribution in [2.75, 3.05) is 37.7 Å². The molecule has 1 amide bonds. The van der Waals surface area contributed by atoms with Gasteiger partial charge in [-0.3, -0.25) is 4.90 Å². The molecule has 0 unspecified atom stereocenters. The molecule has 1 atom stereocenters. The first-order valence-corrected chi connectivity index (χ1v) is 13.3. The first-order chi connectivity index (χ1) is 17.6. The normalized spacial score (nSPS) is 22.7. The van der Waals surface area contributed by atoms with E-state index in [1.54, 1.807) is 4.90 Å². The molecule has 0 aliphatic carbocycles. The highest BCUT2D eigenvalue weighted by Crippen LogP contribution is 2.36.